The quantitative estimate of drug-likeness (QED) is 0.832. The molecule has 0 saturated carbocycles. The van der Waals surface area contributed by atoms with Gasteiger partial charge in [0.15, 0.2) is 0 Å². The zero-order chi connectivity index (χ0) is 20.5. The van der Waals surface area contributed by atoms with Gasteiger partial charge in [0.2, 0.25) is 0 Å². The van der Waals surface area contributed by atoms with Crippen molar-refractivity contribution < 1.29 is 18.4 Å². The molecule has 2 aromatic carbocycles. The molecule has 1 atom stereocenters. The Morgan fingerprint density at radius 1 is 1.10 bits per heavy atom. The van der Waals surface area contributed by atoms with Gasteiger partial charge >= 0.3 is 0 Å². The molecule has 2 aliphatic heterocycles. The number of amides is 2. The molecule has 29 heavy (non-hydrogen) atoms. The maximum Gasteiger partial charge on any atom is 0.257 e. The summed E-state index contributed by atoms with van der Waals surface area (Å²) >= 11 is 0. The molecule has 0 aliphatic carbocycles. The summed E-state index contributed by atoms with van der Waals surface area (Å²) in [6.45, 7) is 3.49. The first-order chi connectivity index (χ1) is 14.0. The lowest BCUT2D eigenvalue weighted by Crippen LogP contribution is -2.55. The summed E-state index contributed by atoms with van der Waals surface area (Å²) in [5.41, 5.74) is 1.70. The Morgan fingerprint density at radius 3 is 2.59 bits per heavy atom. The molecule has 1 N–H and O–H groups in total. The number of benzene rings is 2. The van der Waals surface area contributed by atoms with Crippen molar-refractivity contribution in [1.29, 1.82) is 0 Å². The van der Waals surface area contributed by atoms with Crippen molar-refractivity contribution in [3.63, 3.8) is 0 Å². The number of anilines is 2. The molecule has 2 heterocycles. The summed E-state index contributed by atoms with van der Waals surface area (Å²) in [6.07, 6.45) is 4.06. The van der Waals surface area contributed by atoms with Crippen LogP contribution in [0, 0.1) is 11.6 Å². The molecule has 2 aromatic rings. The number of hydrogen-bond acceptors (Lipinski definition) is 3. The van der Waals surface area contributed by atoms with Gasteiger partial charge in [-0.15, -0.1) is 0 Å². The number of halogens is 2. The second kappa shape index (κ2) is 7.81. The van der Waals surface area contributed by atoms with Crippen LogP contribution in [-0.4, -0.2) is 36.0 Å². The molecule has 152 valence electrons. The van der Waals surface area contributed by atoms with Gasteiger partial charge in [-0.3, -0.25) is 9.59 Å². The fraction of sp³-hybridized carbons (Fsp3) is 0.364. The molecule has 2 aliphatic rings. The Labute approximate surface area is 168 Å². The number of fused-ring (bicyclic) bond motifs is 2. The highest BCUT2D eigenvalue weighted by atomic mass is 19.1. The monoisotopic (exact) mass is 399 g/mol. The van der Waals surface area contributed by atoms with Gasteiger partial charge in [0.05, 0.1) is 11.3 Å². The van der Waals surface area contributed by atoms with Crippen molar-refractivity contribution in [2.45, 2.75) is 38.8 Å². The minimum Gasteiger partial charge on any atom is -0.351 e. The van der Waals surface area contributed by atoms with Crippen LogP contribution >= 0.6 is 0 Å². The van der Waals surface area contributed by atoms with Crippen molar-refractivity contribution in [2.24, 2.45) is 0 Å². The third-order valence-corrected chi connectivity index (χ3v) is 5.60. The van der Waals surface area contributed by atoms with Crippen molar-refractivity contribution in [3.05, 3.63) is 59.2 Å². The number of hydrogen-bond donors (Lipinski definition) is 1. The number of nitrogens with one attached hydrogen (secondary N) is 1. The molecule has 0 spiro atoms. The van der Waals surface area contributed by atoms with Crippen LogP contribution in [0.25, 0.3) is 0 Å². The molecular weight excluding hydrogens is 376 g/mol. The van der Waals surface area contributed by atoms with Crippen molar-refractivity contribution >= 4 is 23.2 Å². The predicted molar refractivity (Wildman–Crippen MR) is 107 cm³/mol. The Morgan fingerprint density at radius 2 is 1.86 bits per heavy atom. The Kier molecular flexibility index (Phi) is 5.22. The number of carbonyl (C=O) groups is 2. The Bertz CT molecular complexity index is 943. The standard InChI is InChI=1S/C22H23F2N3O2/c1-2-26-19-10-14(21(28)25-17-12-15(23)11-16(24)13-17)7-8-18(19)22(29)27-9-5-3-4-6-20(26)27/h7-8,10-13,20H,2-6,9H2,1H3,(H,25,28)/t20-/m1/s1. The van der Waals surface area contributed by atoms with E-state index in [1.807, 2.05) is 11.8 Å². The van der Waals surface area contributed by atoms with E-state index in [9.17, 15) is 18.4 Å². The second-order valence-electron chi connectivity index (χ2n) is 7.46. The van der Waals surface area contributed by atoms with E-state index in [1.165, 1.54) is 0 Å². The normalized spacial score (nSPS) is 18.7. The molecule has 5 nitrogen and oxygen atoms in total. The first-order valence-electron chi connectivity index (χ1n) is 9.97. The molecule has 0 unspecified atom stereocenters. The van der Waals surface area contributed by atoms with Crippen LogP contribution in [0.1, 0.15) is 53.3 Å². The Balaban J connectivity index is 1.66. The molecule has 4 rings (SSSR count). The van der Waals surface area contributed by atoms with E-state index in [0.717, 1.165) is 56.1 Å². The first-order valence-corrected chi connectivity index (χ1v) is 9.97. The lowest BCUT2D eigenvalue weighted by Gasteiger charge is -2.44. The highest BCUT2D eigenvalue weighted by Gasteiger charge is 2.37. The summed E-state index contributed by atoms with van der Waals surface area (Å²) < 4.78 is 26.8. The minimum atomic E-state index is -0.762. The average molecular weight is 399 g/mol. The van der Waals surface area contributed by atoms with Crippen LogP contribution in [0.2, 0.25) is 0 Å². The molecule has 2 amide bonds. The van der Waals surface area contributed by atoms with Crippen molar-refractivity contribution in [2.75, 3.05) is 23.3 Å². The van der Waals surface area contributed by atoms with E-state index in [1.54, 1.807) is 18.2 Å². The Hall–Kier alpha value is -2.96. The van der Waals surface area contributed by atoms with Gasteiger partial charge < -0.3 is 15.1 Å². The van der Waals surface area contributed by atoms with Gasteiger partial charge in [-0.2, -0.15) is 0 Å². The number of carbonyl (C=O) groups excluding carboxylic acids is 2. The summed E-state index contributed by atoms with van der Waals surface area (Å²) in [6, 6.07) is 7.81. The number of rotatable bonds is 3. The van der Waals surface area contributed by atoms with E-state index < -0.39 is 17.5 Å². The van der Waals surface area contributed by atoms with Crippen molar-refractivity contribution in [3.8, 4) is 0 Å². The van der Waals surface area contributed by atoms with Gasteiger partial charge in [-0.05, 0) is 56.5 Å². The molecule has 0 bridgehead atoms. The van der Waals surface area contributed by atoms with Crippen LogP contribution in [-0.2, 0) is 0 Å². The van der Waals surface area contributed by atoms with Gasteiger partial charge in [0.25, 0.3) is 11.8 Å². The topological polar surface area (TPSA) is 52.7 Å². The summed E-state index contributed by atoms with van der Waals surface area (Å²) in [5.74, 6) is -2.01. The zero-order valence-electron chi connectivity index (χ0n) is 16.3. The van der Waals surface area contributed by atoms with Crippen LogP contribution in [0.3, 0.4) is 0 Å². The van der Waals surface area contributed by atoms with E-state index in [2.05, 4.69) is 10.2 Å². The van der Waals surface area contributed by atoms with Crippen LogP contribution < -0.4 is 10.2 Å². The predicted octanol–water partition coefficient (Wildman–Crippen LogP) is 4.40. The zero-order valence-corrected chi connectivity index (χ0v) is 16.3. The molecule has 0 aromatic heterocycles. The van der Waals surface area contributed by atoms with Gasteiger partial charge in [0, 0.05) is 30.4 Å². The van der Waals surface area contributed by atoms with Gasteiger partial charge in [0.1, 0.15) is 17.8 Å². The molecule has 1 fully saturated rings. The second-order valence-corrected chi connectivity index (χ2v) is 7.46. The molecule has 0 radical (unpaired) electrons. The van der Waals surface area contributed by atoms with Crippen molar-refractivity contribution in [1.82, 2.24) is 4.90 Å². The summed E-state index contributed by atoms with van der Waals surface area (Å²) in [7, 11) is 0. The van der Waals surface area contributed by atoms with Crippen LogP contribution in [0.15, 0.2) is 36.4 Å². The minimum absolute atomic E-state index is 0.00173. The fourth-order valence-corrected chi connectivity index (χ4v) is 4.27. The van der Waals surface area contributed by atoms with Gasteiger partial charge in [-0.1, -0.05) is 6.42 Å². The van der Waals surface area contributed by atoms with E-state index >= 15 is 0 Å². The third-order valence-electron chi connectivity index (χ3n) is 5.60. The summed E-state index contributed by atoms with van der Waals surface area (Å²) in [4.78, 5) is 29.8. The first kappa shape index (κ1) is 19.4. The number of nitrogens with zero attached hydrogens (tertiary/aromatic N) is 2. The third kappa shape index (κ3) is 3.69. The van der Waals surface area contributed by atoms with E-state index in [0.29, 0.717) is 17.7 Å². The SMILES string of the molecule is CCN1c2cc(C(=O)Nc3cc(F)cc(F)c3)ccc2C(=O)N2CCCCC[C@@H]21. The lowest BCUT2D eigenvalue weighted by molar-refractivity contribution is 0.0656. The molecule has 7 heteroatoms. The van der Waals surface area contributed by atoms with Crippen LogP contribution in [0.5, 0.6) is 0 Å². The van der Waals surface area contributed by atoms with E-state index in [-0.39, 0.29) is 17.8 Å². The smallest absolute Gasteiger partial charge is 0.257 e. The van der Waals surface area contributed by atoms with Gasteiger partial charge in [-0.25, -0.2) is 8.78 Å². The maximum atomic E-state index is 13.4. The lowest BCUT2D eigenvalue weighted by atomic mass is 10.0. The highest BCUT2D eigenvalue weighted by Crippen LogP contribution is 2.35. The maximum absolute atomic E-state index is 13.4. The molecular formula is C22H23F2N3O2. The summed E-state index contributed by atoms with van der Waals surface area (Å²) in [5, 5.41) is 2.52. The highest BCUT2D eigenvalue weighted by molar-refractivity contribution is 6.08. The van der Waals surface area contributed by atoms with E-state index in [4.69, 9.17) is 0 Å². The fourth-order valence-electron chi connectivity index (χ4n) is 4.27. The molecule has 1 saturated heterocycles. The van der Waals surface area contributed by atoms with Crippen LogP contribution in [0.4, 0.5) is 20.2 Å². The average Bonchev–Trinajstić information content (AvgIpc) is 2.93. The largest absolute Gasteiger partial charge is 0.351 e.